The number of nitrogens with zero attached hydrogens (tertiary/aromatic N) is 3. The van der Waals surface area contributed by atoms with Crippen molar-refractivity contribution in [3.63, 3.8) is 0 Å². The summed E-state index contributed by atoms with van der Waals surface area (Å²) in [7, 11) is 0. The number of ketones is 1. The van der Waals surface area contributed by atoms with Gasteiger partial charge in [0.2, 0.25) is 0 Å². The Hall–Kier alpha value is -5.04. The first-order chi connectivity index (χ1) is 17.0. The number of nitrogens with one attached hydrogen (secondary N) is 3. The summed E-state index contributed by atoms with van der Waals surface area (Å²) >= 11 is 0. The summed E-state index contributed by atoms with van der Waals surface area (Å²) in [5.74, 6) is -0.154. The number of hydrogen-bond donors (Lipinski definition) is 3. The van der Waals surface area contributed by atoms with E-state index in [1.807, 2.05) is 18.2 Å². The van der Waals surface area contributed by atoms with Crippen molar-refractivity contribution < 1.29 is 19.1 Å². The van der Waals surface area contributed by atoms with Crippen LogP contribution in [0.5, 0.6) is 5.75 Å². The van der Waals surface area contributed by atoms with Crippen LogP contribution in [-0.2, 0) is 17.8 Å². The molecule has 0 bridgehead atoms. The van der Waals surface area contributed by atoms with E-state index < -0.39 is 11.8 Å². The van der Waals surface area contributed by atoms with Gasteiger partial charge >= 0.3 is 0 Å². The van der Waals surface area contributed by atoms with Crippen LogP contribution < -0.4 is 15.4 Å². The molecule has 0 fully saturated rings. The molecule has 3 N–H and O–H groups in total. The Labute approximate surface area is 199 Å². The average Bonchev–Trinajstić information content (AvgIpc) is 3.29. The number of amides is 2. The van der Waals surface area contributed by atoms with E-state index in [9.17, 15) is 14.4 Å². The van der Waals surface area contributed by atoms with Gasteiger partial charge in [0.15, 0.2) is 11.5 Å². The lowest BCUT2D eigenvalue weighted by molar-refractivity contribution is -0.121. The first-order valence-electron chi connectivity index (χ1n) is 10.7. The van der Waals surface area contributed by atoms with Gasteiger partial charge in [-0.25, -0.2) is 9.97 Å². The second-order valence-corrected chi connectivity index (χ2v) is 7.92. The lowest BCUT2D eigenvalue weighted by Gasteiger charge is -2.17. The summed E-state index contributed by atoms with van der Waals surface area (Å²) in [6.45, 7) is 0.309. The molecule has 0 saturated heterocycles. The number of Topliss-reactive ketones (excluding diaryl/α,β-unsaturated/α-hetero) is 1. The summed E-state index contributed by atoms with van der Waals surface area (Å²) in [5.41, 5.74) is 3.55. The molecule has 2 amide bonds. The Balaban J connectivity index is 1.32. The highest BCUT2D eigenvalue weighted by molar-refractivity contribution is 6.11. The van der Waals surface area contributed by atoms with Crippen molar-refractivity contribution in [1.29, 1.82) is 5.26 Å². The largest absolute Gasteiger partial charge is 0.486 e. The normalized spacial score (nSPS) is 12.4. The smallest absolute Gasteiger partial charge is 0.272 e. The van der Waals surface area contributed by atoms with Crippen molar-refractivity contribution in [3.8, 4) is 11.8 Å². The van der Waals surface area contributed by atoms with E-state index in [1.165, 1.54) is 18.6 Å². The van der Waals surface area contributed by atoms with Gasteiger partial charge in [-0.15, -0.1) is 0 Å². The van der Waals surface area contributed by atoms with Gasteiger partial charge in [-0.05, 0) is 35.9 Å². The van der Waals surface area contributed by atoms with Gasteiger partial charge in [0.1, 0.15) is 24.2 Å². The lowest BCUT2D eigenvalue weighted by Crippen LogP contribution is -2.25. The van der Waals surface area contributed by atoms with Gasteiger partial charge in [-0.2, -0.15) is 5.26 Å². The van der Waals surface area contributed by atoms with Gasteiger partial charge in [0.05, 0.1) is 22.8 Å². The van der Waals surface area contributed by atoms with Crippen molar-refractivity contribution in [3.05, 3.63) is 82.9 Å². The van der Waals surface area contributed by atoms with Crippen LogP contribution in [0.25, 0.3) is 11.0 Å². The van der Waals surface area contributed by atoms with Crippen LogP contribution in [0.3, 0.4) is 0 Å². The number of benzene rings is 2. The van der Waals surface area contributed by atoms with Crippen LogP contribution in [-0.4, -0.2) is 39.2 Å². The first-order valence-corrected chi connectivity index (χ1v) is 10.7. The third kappa shape index (κ3) is 4.43. The topological polar surface area (TPSA) is 150 Å². The molecular formula is C25H18N6O4. The second-order valence-electron chi connectivity index (χ2n) is 7.92. The van der Waals surface area contributed by atoms with E-state index in [2.05, 4.69) is 25.6 Å². The minimum atomic E-state index is -0.427. The van der Waals surface area contributed by atoms with E-state index in [-0.39, 0.29) is 24.6 Å². The fourth-order valence-electron chi connectivity index (χ4n) is 3.84. The van der Waals surface area contributed by atoms with Crippen LogP contribution in [0.4, 0.5) is 5.69 Å². The maximum Gasteiger partial charge on any atom is 0.272 e. The Bertz CT molecular complexity index is 1530. The number of hydrogen-bond acceptors (Lipinski definition) is 7. The monoisotopic (exact) mass is 466 g/mol. The van der Waals surface area contributed by atoms with Crippen molar-refractivity contribution in [2.75, 3.05) is 11.9 Å². The maximum atomic E-state index is 12.9. The SMILES string of the molecule is N#Cc1cccc(C(=O)Nc2c[nH]c3c(C(=O)NCc4ccc5c(c4)CC(=O)CO5)ncnc23)c1. The number of carbonyl (C=O) groups is 3. The van der Waals surface area contributed by atoms with Crippen molar-refractivity contribution >= 4 is 34.3 Å². The summed E-state index contributed by atoms with van der Waals surface area (Å²) in [6.07, 6.45) is 3.09. The van der Waals surface area contributed by atoms with E-state index in [0.717, 1.165) is 11.1 Å². The maximum absolute atomic E-state index is 12.9. The number of nitriles is 1. The number of ether oxygens (including phenoxy) is 1. The molecule has 0 aliphatic carbocycles. The molecule has 0 saturated carbocycles. The Morgan fingerprint density at radius 1 is 1.14 bits per heavy atom. The summed E-state index contributed by atoms with van der Waals surface area (Å²) in [4.78, 5) is 48.4. The van der Waals surface area contributed by atoms with Gasteiger partial charge in [0.25, 0.3) is 11.8 Å². The zero-order valence-electron chi connectivity index (χ0n) is 18.3. The van der Waals surface area contributed by atoms with E-state index in [0.29, 0.717) is 40.0 Å². The molecule has 1 aliphatic rings. The standard InChI is InChI=1S/C25H18N6O4/c26-9-14-2-1-3-16(6-14)24(33)31-19-11-27-22-21(19)29-13-30-23(22)25(34)28-10-15-4-5-20-17(7-15)8-18(32)12-35-20/h1-7,11,13,27H,8,10,12H2,(H,28,34)(H,31,33). The molecule has 35 heavy (non-hydrogen) atoms. The quantitative estimate of drug-likeness (QED) is 0.409. The molecule has 4 aromatic rings. The summed E-state index contributed by atoms with van der Waals surface area (Å²) < 4.78 is 5.40. The van der Waals surface area contributed by atoms with E-state index in [1.54, 1.807) is 24.3 Å². The van der Waals surface area contributed by atoms with Crippen molar-refractivity contribution in [2.24, 2.45) is 0 Å². The minimum absolute atomic E-state index is 0.00877. The number of fused-ring (bicyclic) bond motifs is 2. The van der Waals surface area contributed by atoms with Gasteiger partial charge < -0.3 is 20.4 Å². The molecule has 5 rings (SSSR count). The van der Waals surface area contributed by atoms with Gasteiger partial charge in [-0.3, -0.25) is 14.4 Å². The number of anilines is 1. The van der Waals surface area contributed by atoms with Crippen molar-refractivity contribution in [1.82, 2.24) is 20.3 Å². The highest BCUT2D eigenvalue weighted by Crippen LogP contribution is 2.25. The van der Waals surface area contributed by atoms with Crippen molar-refractivity contribution in [2.45, 2.75) is 13.0 Å². The molecule has 172 valence electrons. The number of H-pyrrole nitrogens is 1. The minimum Gasteiger partial charge on any atom is -0.486 e. The molecule has 0 atom stereocenters. The zero-order chi connectivity index (χ0) is 24.4. The fraction of sp³-hybridized carbons (Fsp3) is 0.120. The van der Waals surface area contributed by atoms with Crippen LogP contribution in [0.2, 0.25) is 0 Å². The third-order valence-corrected chi connectivity index (χ3v) is 5.53. The highest BCUT2D eigenvalue weighted by atomic mass is 16.5. The number of aromatic amines is 1. The van der Waals surface area contributed by atoms with Crippen LogP contribution in [0, 0.1) is 11.3 Å². The number of aromatic nitrogens is 3. The predicted octanol–water partition coefficient (Wildman–Crippen LogP) is 2.52. The average molecular weight is 466 g/mol. The Morgan fingerprint density at radius 2 is 2.03 bits per heavy atom. The zero-order valence-corrected chi connectivity index (χ0v) is 18.3. The molecule has 3 heterocycles. The molecule has 0 unspecified atom stereocenters. The molecule has 10 nitrogen and oxygen atoms in total. The second kappa shape index (κ2) is 9.07. The Morgan fingerprint density at radius 3 is 2.89 bits per heavy atom. The molecular weight excluding hydrogens is 448 g/mol. The van der Waals surface area contributed by atoms with Gasteiger partial charge in [-0.1, -0.05) is 12.1 Å². The first kappa shape index (κ1) is 21.8. The highest BCUT2D eigenvalue weighted by Gasteiger charge is 2.19. The van der Waals surface area contributed by atoms with Crippen LogP contribution in [0.1, 0.15) is 37.5 Å². The Kier molecular flexibility index (Phi) is 5.65. The third-order valence-electron chi connectivity index (χ3n) is 5.53. The predicted molar refractivity (Wildman–Crippen MR) is 125 cm³/mol. The molecule has 2 aromatic carbocycles. The van der Waals surface area contributed by atoms with Crippen LogP contribution >= 0.6 is 0 Å². The van der Waals surface area contributed by atoms with E-state index >= 15 is 0 Å². The fourth-order valence-corrected chi connectivity index (χ4v) is 3.84. The van der Waals surface area contributed by atoms with Gasteiger partial charge in [0, 0.05) is 30.3 Å². The number of carbonyl (C=O) groups excluding carboxylic acids is 3. The summed E-state index contributed by atoms with van der Waals surface area (Å²) in [6, 6.07) is 13.8. The molecule has 10 heteroatoms. The molecule has 0 spiro atoms. The molecule has 2 aromatic heterocycles. The lowest BCUT2D eigenvalue weighted by atomic mass is 10.0. The molecule has 1 aliphatic heterocycles. The molecule has 0 radical (unpaired) electrons. The van der Waals surface area contributed by atoms with Crippen LogP contribution in [0.15, 0.2) is 55.0 Å². The summed E-state index contributed by atoms with van der Waals surface area (Å²) in [5, 5.41) is 14.6. The van der Waals surface area contributed by atoms with E-state index in [4.69, 9.17) is 10.00 Å². The number of rotatable bonds is 5.